The fourth-order valence-electron chi connectivity index (χ4n) is 4.15. The van der Waals surface area contributed by atoms with Crippen molar-refractivity contribution in [2.45, 2.75) is 31.8 Å². The van der Waals surface area contributed by atoms with Crippen molar-refractivity contribution in [2.24, 2.45) is 0 Å². The predicted octanol–water partition coefficient (Wildman–Crippen LogP) is 1.38. The first-order valence-electron chi connectivity index (χ1n) is 9.87. The number of nitrogens with one attached hydrogen (secondary N) is 1. The third kappa shape index (κ3) is 3.70. The first-order chi connectivity index (χ1) is 14.3. The van der Waals surface area contributed by atoms with E-state index in [1.165, 1.54) is 6.08 Å². The quantitative estimate of drug-likeness (QED) is 0.642. The summed E-state index contributed by atoms with van der Waals surface area (Å²) in [5.74, 6) is 0.560. The van der Waals surface area contributed by atoms with Gasteiger partial charge in [-0.3, -0.25) is 9.45 Å². The molecule has 4 rings (SSSR count). The van der Waals surface area contributed by atoms with E-state index in [1.54, 1.807) is 45.9 Å². The molecule has 162 valence electrons. The van der Waals surface area contributed by atoms with Crippen molar-refractivity contribution in [2.75, 3.05) is 26.2 Å². The van der Waals surface area contributed by atoms with E-state index in [9.17, 15) is 22.6 Å². The van der Waals surface area contributed by atoms with Crippen LogP contribution in [-0.2, 0) is 14.9 Å². The zero-order chi connectivity index (χ0) is 21.5. The number of likely N-dealkylation sites (tertiary alicyclic amines) is 1. The molecule has 0 bridgehead atoms. The molecule has 0 aromatic carbocycles. The first kappa shape index (κ1) is 20.5. The molecule has 4 aliphatic heterocycles. The van der Waals surface area contributed by atoms with Crippen molar-refractivity contribution in [1.82, 2.24) is 20.0 Å². The van der Waals surface area contributed by atoms with E-state index in [1.807, 2.05) is 0 Å². The molecule has 0 saturated carbocycles. The first-order valence-corrected chi connectivity index (χ1v) is 11.3. The minimum absolute atomic E-state index is 0.0699. The van der Waals surface area contributed by atoms with E-state index in [2.05, 4.69) is 5.32 Å². The second-order valence-electron chi connectivity index (χ2n) is 7.43. The highest BCUT2D eigenvalue weighted by atomic mass is 32.2. The Morgan fingerprint density at radius 1 is 1.27 bits per heavy atom. The molecule has 1 atom stereocenters. The number of hydrogen-bond acceptors (Lipinski definition) is 6. The number of ether oxygens (including phenoxy) is 1. The monoisotopic (exact) mass is 436 g/mol. The molecular formula is C19H24N4O6S. The number of nitrogens with zero attached hydrogens (tertiary/aromatic N) is 3. The third-order valence-electron chi connectivity index (χ3n) is 5.58. The lowest BCUT2D eigenvalue weighted by Gasteiger charge is -2.33. The molecule has 0 aromatic rings. The number of urea groups is 1. The molecule has 2 saturated heterocycles. The van der Waals surface area contributed by atoms with Gasteiger partial charge >= 0.3 is 12.1 Å². The zero-order valence-corrected chi connectivity index (χ0v) is 17.3. The smallest absolute Gasteiger partial charge is 0.409 e. The lowest BCUT2D eigenvalue weighted by Crippen LogP contribution is -2.49. The average molecular weight is 436 g/mol. The summed E-state index contributed by atoms with van der Waals surface area (Å²) in [4.78, 5) is 29.5. The summed E-state index contributed by atoms with van der Waals surface area (Å²) in [6.45, 7) is 3.47. The van der Waals surface area contributed by atoms with Crippen LogP contribution in [0.25, 0.3) is 0 Å². The SMILES string of the molecule is CCOC(=O)N1CCC(NC(=O)N2CC3C=CC(S(=O)(=O)O)=C4C=CC=C2N43)CC1. The standard InChI is InChI=1S/C19H24N4O6S/c1-2-29-19(25)21-10-8-13(9-11-21)20-18(24)22-12-14-6-7-16(30(26,27)28)15-4-3-5-17(22)23(14)15/h3-7,13-14H,2,8-12H2,1H3,(H,20,24)(H,26,27,28). The summed E-state index contributed by atoms with van der Waals surface area (Å²) in [6.07, 6.45) is 8.98. The van der Waals surface area contributed by atoms with Crippen molar-refractivity contribution in [3.8, 4) is 0 Å². The summed E-state index contributed by atoms with van der Waals surface area (Å²) in [5.41, 5.74) is 0.348. The van der Waals surface area contributed by atoms with Crippen LogP contribution < -0.4 is 5.32 Å². The Hall–Kier alpha value is -2.79. The van der Waals surface area contributed by atoms with Gasteiger partial charge in [-0.1, -0.05) is 12.2 Å². The van der Waals surface area contributed by atoms with E-state index >= 15 is 0 Å². The van der Waals surface area contributed by atoms with Crippen LogP contribution in [0.15, 0.2) is 46.8 Å². The van der Waals surface area contributed by atoms with E-state index in [4.69, 9.17) is 4.74 Å². The van der Waals surface area contributed by atoms with Gasteiger partial charge in [0.05, 0.1) is 24.9 Å². The van der Waals surface area contributed by atoms with E-state index < -0.39 is 10.1 Å². The number of hydrogen-bond donors (Lipinski definition) is 2. The van der Waals surface area contributed by atoms with Crippen molar-refractivity contribution in [3.63, 3.8) is 0 Å². The number of piperidine rings is 1. The van der Waals surface area contributed by atoms with Crippen LogP contribution in [-0.4, -0.2) is 78.1 Å². The summed E-state index contributed by atoms with van der Waals surface area (Å²) >= 11 is 0. The minimum atomic E-state index is -4.38. The molecule has 4 heterocycles. The van der Waals surface area contributed by atoms with E-state index in [0.29, 0.717) is 50.6 Å². The van der Waals surface area contributed by atoms with Gasteiger partial charge in [0, 0.05) is 19.1 Å². The van der Waals surface area contributed by atoms with Gasteiger partial charge in [-0.15, -0.1) is 0 Å². The Labute approximate surface area is 174 Å². The highest BCUT2D eigenvalue weighted by Gasteiger charge is 2.42. The molecule has 11 heteroatoms. The number of rotatable bonds is 3. The van der Waals surface area contributed by atoms with Crippen LogP contribution in [0.5, 0.6) is 0 Å². The van der Waals surface area contributed by atoms with Gasteiger partial charge in [0.2, 0.25) is 0 Å². The summed E-state index contributed by atoms with van der Waals surface area (Å²) in [6, 6.07) is -0.556. The number of amides is 3. The molecule has 3 amide bonds. The number of allylic oxidation sites excluding steroid dienone is 4. The van der Waals surface area contributed by atoms with Gasteiger partial charge in [-0.25, -0.2) is 9.59 Å². The molecule has 0 radical (unpaired) electrons. The van der Waals surface area contributed by atoms with Crippen molar-refractivity contribution >= 4 is 22.2 Å². The van der Waals surface area contributed by atoms with Crippen molar-refractivity contribution in [3.05, 3.63) is 46.8 Å². The predicted molar refractivity (Wildman–Crippen MR) is 107 cm³/mol. The fourth-order valence-corrected chi connectivity index (χ4v) is 4.83. The number of carbonyl (C=O) groups excluding carboxylic acids is 2. The Morgan fingerprint density at radius 2 is 2.00 bits per heavy atom. The summed E-state index contributed by atoms with van der Waals surface area (Å²) in [7, 11) is -4.38. The highest BCUT2D eigenvalue weighted by Crippen LogP contribution is 2.38. The molecule has 0 aliphatic carbocycles. The second-order valence-corrected chi connectivity index (χ2v) is 8.82. The van der Waals surface area contributed by atoms with Crippen LogP contribution in [0, 0.1) is 0 Å². The minimum Gasteiger partial charge on any atom is -0.450 e. The van der Waals surface area contributed by atoms with Gasteiger partial charge in [0.1, 0.15) is 10.7 Å². The van der Waals surface area contributed by atoms with Crippen molar-refractivity contribution in [1.29, 1.82) is 0 Å². The van der Waals surface area contributed by atoms with Crippen LogP contribution in [0.2, 0.25) is 0 Å². The molecule has 10 nitrogen and oxygen atoms in total. The number of carbonyl (C=O) groups is 2. The maximum atomic E-state index is 13.0. The Balaban J connectivity index is 1.43. The third-order valence-corrected chi connectivity index (χ3v) is 6.48. The maximum absolute atomic E-state index is 13.0. The lowest BCUT2D eigenvalue weighted by atomic mass is 10.1. The highest BCUT2D eigenvalue weighted by molar-refractivity contribution is 7.90. The Kier molecular flexibility index (Phi) is 5.33. The van der Waals surface area contributed by atoms with Gasteiger partial charge in [-0.05, 0) is 38.0 Å². The molecule has 2 fully saturated rings. The van der Waals surface area contributed by atoms with Gasteiger partial charge in [0.15, 0.2) is 0 Å². The second kappa shape index (κ2) is 7.80. The summed E-state index contributed by atoms with van der Waals surface area (Å²) in [5, 5.41) is 3.02. The normalized spacial score (nSPS) is 23.5. The van der Waals surface area contributed by atoms with Crippen LogP contribution >= 0.6 is 0 Å². The molecule has 1 unspecified atom stereocenters. The Bertz CT molecular complexity index is 975. The van der Waals surface area contributed by atoms with Crippen LogP contribution in [0.3, 0.4) is 0 Å². The Morgan fingerprint density at radius 3 is 2.67 bits per heavy atom. The molecule has 2 N–H and O–H groups in total. The maximum Gasteiger partial charge on any atom is 0.409 e. The molecule has 0 aromatic heterocycles. The van der Waals surface area contributed by atoms with Crippen molar-refractivity contribution < 1.29 is 27.3 Å². The van der Waals surface area contributed by atoms with Gasteiger partial charge in [0.25, 0.3) is 10.1 Å². The molecule has 30 heavy (non-hydrogen) atoms. The van der Waals surface area contributed by atoms with Crippen LogP contribution in [0.4, 0.5) is 9.59 Å². The average Bonchev–Trinajstić information content (AvgIpc) is 3.09. The molecule has 4 aliphatic rings. The fraction of sp³-hybridized carbons (Fsp3) is 0.474. The largest absolute Gasteiger partial charge is 0.450 e. The van der Waals surface area contributed by atoms with Crippen LogP contribution in [0.1, 0.15) is 19.8 Å². The zero-order valence-electron chi connectivity index (χ0n) is 16.5. The van der Waals surface area contributed by atoms with E-state index in [0.717, 1.165) is 0 Å². The molecule has 0 spiro atoms. The van der Waals surface area contributed by atoms with Gasteiger partial charge < -0.3 is 19.9 Å². The van der Waals surface area contributed by atoms with E-state index in [-0.39, 0.29) is 29.1 Å². The van der Waals surface area contributed by atoms with Gasteiger partial charge in [-0.2, -0.15) is 8.42 Å². The molecular weight excluding hydrogens is 412 g/mol. The summed E-state index contributed by atoms with van der Waals surface area (Å²) < 4.78 is 37.9. The lowest BCUT2D eigenvalue weighted by molar-refractivity contribution is 0.0953. The topological polar surface area (TPSA) is 119 Å².